The smallest absolute Gasteiger partial charge is 0.109 e. The summed E-state index contributed by atoms with van der Waals surface area (Å²) in [6.45, 7) is 11.0. The molecule has 0 amide bonds. The second-order valence-electron chi connectivity index (χ2n) is 7.89. The molecule has 1 atom stereocenters. The van der Waals surface area contributed by atoms with E-state index in [0.717, 1.165) is 61.6 Å². The molecule has 0 radical (unpaired) electrons. The third-order valence-corrected chi connectivity index (χ3v) is 5.58. The van der Waals surface area contributed by atoms with Crippen molar-refractivity contribution in [2.45, 2.75) is 27.2 Å². The number of nitrogens with two attached hydrogens (primary N) is 2. The molecule has 1 heterocycles. The SMILES string of the molecule is CCN1CCN(C(CC(C)C(=N)c2cc(C(C)=CN(C)N)ccc2N)=NC=N)CC1. The van der Waals surface area contributed by atoms with E-state index in [2.05, 4.69) is 21.7 Å². The van der Waals surface area contributed by atoms with Gasteiger partial charge in [0.1, 0.15) is 12.2 Å². The Balaban J connectivity index is 2.17. The maximum Gasteiger partial charge on any atom is 0.109 e. The number of likely N-dealkylation sites (N-methyl/N-ethyl adjacent to an activating group) is 1. The molecular weight excluding hydrogens is 376 g/mol. The number of nitrogens with one attached hydrogen (secondary N) is 2. The number of hydrogen-bond acceptors (Lipinski definition) is 6. The van der Waals surface area contributed by atoms with Crippen molar-refractivity contribution in [3.63, 3.8) is 0 Å². The van der Waals surface area contributed by atoms with Crippen molar-refractivity contribution in [1.82, 2.24) is 14.8 Å². The standard InChI is InChI=1S/C22H36N8/c1-5-29-8-10-30(11-9-29)21(27-15-23)12-16(2)22(25)19-13-18(6-7-20(19)24)17(3)14-28(4)26/h6-7,13-16,23,25H,5,8-12,24,26H2,1-4H3. The first kappa shape index (κ1) is 23.6. The fourth-order valence-corrected chi connectivity index (χ4v) is 3.72. The van der Waals surface area contributed by atoms with Crippen LogP contribution in [0.4, 0.5) is 5.69 Å². The van der Waals surface area contributed by atoms with Crippen molar-refractivity contribution in [3.8, 4) is 0 Å². The van der Waals surface area contributed by atoms with Gasteiger partial charge in [0.15, 0.2) is 0 Å². The Kier molecular flexibility index (Phi) is 8.56. The lowest BCUT2D eigenvalue weighted by Crippen LogP contribution is -2.49. The van der Waals surface area contributed by atoms with Gasteiger partial charge in [-0.15, -0.1) is 0 Å². The second-order valence-corrected chi connectivity index (χ2v) is 7.89. The van der Waals surface area contributed by atoms with Crippen LogP contribution in [-0.4, -0.2) is 72.5 Å². The predicted octanol–water partition coefficient (Wildman–Crippen LogP) is 2.47. The van der Waals surface area contributed by atoms with Crippen molar-refractivity contribution >= 4 is 29.1 Å². The summed E-state index contributed by atoms with van der Waals surface area (Å²) in [5, 5.41) is 17.8. The summed E-state index contributed by atoms with van der Waals surface area (Å²) in [6.07, 6.45) is 3.54. The molecule has 0 saturated carbocycles. The highest BCUT2D eigenvalue weighted by atomic mass is 15.4. The van der Waals surface area contributed by atoms with Crippen molar-refractivity contribution in [2.75, 3.05) is 45.5 Å². The van der Waals surface area contributed by atoms with Crippen molar-refractivity contribution in [2.24, 2.45) is 16.8 Å². The molecule has 0 bridgehead atoms. The van der Waals surface area contributed by atoms with Crippen LogP contribution in [0.15, 0.2) is 29.4 Å². The number of nitrogens with zero attached hydrogens (tertiary/aromatic N) is 4. The van der Waals surface area contributed by atoms with Gasteiger partial charge in [-0.1, -0.05) is 19.9 Å². The third kappa shape index (κ3) is 6.14. The van der Waals surface area contributed by atoms with Gasteiger partial charge in [0.25, 0.3) is 0 Å². The van der Waals surface area contributed by atoms with Crippen molar-refractivity contribution in [1.29, 1.82) is 10.8 Å². The molecule has 0 aliphatic carbocycles. The highest BCUT2D eigenvalue weighted by Gasteiger charge is 2.23. The number of hydrogen-bond donors (Lipinski definition) is 4. The molecule has 1 aromatic carbocycles. The molecule has 30 heavy (non-hydrogen) atoms. The van der Waals surface area contributed by atoms with Gasteiger partial charge in [0.2, 0.25) is 0 Å². The van der Waals surface area contributed by atoms with Crippen LogP contribution < -0.4 is 11.6 Å². The molecular formula is C22H36N8. The van der Waals surface area contributed by atoms with Gasteiger partial charge in [-0.3, -0.25) is 5.41 Å². The normalized spacial score (nSPS) is 17.0. The van der Waals surface area contributed by atoms with E-state index in [9.17, 15) is 0 Å². The molecule has 0 spiro atoms. The lowest BCUT2D eigenvalue weighted by Gasteiger charge is -2.36. The monoisotopic (exact) mass is 412 g/mol. The number of nitrogen functional groups attached to an aromatic ring is 1. The van der Waals surface area contributed by atoms with Gasteiger partial charge in [0, 0.05) is 68.7 Å². The molecule has 6 N–H and O–H groups in total. The number of hydrazine groups is 1. The molecule has 0 aromatic heterocycles. The van der Waals surface area contributed by atoms with Crippen molar-refractivity contribution in [3.05, 3.63) is 35.5 Å². The zero-order chi connectivity index (χ0) is 22.3. The van der Waals surface area contributed by atoms with Crippen LogP contribution in [0, 0.1) is 16.7 Å². The molecule has 2 rings (SSSR count). The van der Waals surface area contributed by atoms with Crippen LogP contribution in [-0.2, 0) is 0 Å². The van der Waals surface area contributed by atoms with Crippen LogP contribution in [0.5, 0.6) is 0 Å². The minimum atomic E-state index is -0.0769. The van der Waals surface area contributed by atoms with E-state index in [1.807, 2.05) is 38.2 Å². The summed E-state index contributed by atoms with van der Waals surface area (Å²) in [5.74, 6) is 6.52. The lowest BCUT2D eigenvalue weighted by atomic mass is 9.91. The summed E-state index contributed by atoms with van der Waals surface area (Å²) in [7, 11) is 1.77. The van der Waals surface area contributed by atoms with E-state index in [-0.39, 0.29) is 5.92 Å². The van der Waals surface area contributed by atoms with Gasteiger partial charge in [-0.25, -0.2) is 10.8 Å². The number of piperazine rings is 1. The van der Waals surface area contributed by atoms with Crippen LogP contribution in [0.25, 0.3) is 5.57 Å². The predicted molar refractivity (Wildman–Crippen MR) is 127 cm³/mol. The van der Waals surface area contributed by atoms with Crippen LogP contribution >= 0.6 is 0 Å². The lowest BCUT2D eigenvalue weighted by molar-refractivity contribution is 0.188. The molecule has 1 aliphatic heterocycles. The van der Waals surface area contributed by atoms with Gasteiger partial charge >= 0.3 is 0 Å². The maximum absolute atomic E-state index is 8.78. The fraction of sp³-hybridized carbons (Fsp3) is 0.500. The number of benzene rings is 1. The Hall–Kier alpha value is -2.71. The topological polar surface area (TPSA) is 122 Å². The number of aliphatic imine (C=N–C) groups is 1. The minimum Gasteiger partial charge on any atom is -0.398 e. The quantitative estimate of drug-likeness (QED) is 0.172. The summed E-state index contributed by atoms with van der Waals surface area (Å²) in [6, 6.07) is 5.74. The average molecular weight is 413 g/mol. The zero-order valence-electron chi connectivity index (χ0n) is 18.7. The molecule has 1 saturated heterocycles. The largest absolute Gasteiger partial charge is 0.398 e. The fourth-order valence-electron chi connectivity index (χ4n) is 3.72. The number of allylic oxidation sites excluding steroid dienone is 1. The van der Waals surface area contributed by atoms with E-state index in [4.69, 9.17) is 22.4 Å². The first-order chi connectivity index (χ1) is 14.3. The Labute approximate surface area is 180 Å². The Bertz CT molecular complexity index is 803. The molecule has 1 fully saturated rings. The maximum atomic E-state index is 8.78. The Morgan fingerprint density at radius 2 is 1.97 bits per heavy atom. The summed E-state index contributed by atoms with van der Waals surface area (Å²) in [4.78, 5) is 8.97. The first-order valence-electron chi connectivity index (χ1n) is 10.4. The first-order valence-corrected chi connectivity index (χ1v) is 10.4. The van der Waals surface area contributed by atoms with Crippen LogP contribution in [0.3, 0.4) is 0 Å². The Morgan fingerprint density at radius 1 is 1.30 bits per heavy atom. The van der Waals surface area contributed by atoms with Gasteiger partial charge in [0.05, 0.1) is 0 Å². The molecule has 164 valence electrons. The van der Waals surface area contributed by atoms with E-state index in [1.54, 1.807) is 7.05 Å². The number of amidine groups is 1. The van der Waals surface area contributed by atoms with E-state index in [1.165, 1.54) is 5.01 Å². The van der Waals surface area contributed by atoms with E-state index in [0.29, 0.717) is 17.8 Å². The summed E-state index contributed by atoms with van der Waals surface area (Å²) in [5.41, 5.74) is 10.0. The molecule has 1 unspecified atom stereocenters. The van der Waals surface area contributed by atoms with Crippen LogP contribution in [0.2, 0.25) is 0 Å². The molecule has 1 aliphatic rings. The summed E-state index contributed by atoms with van der Waals surface area (Å²) < 4.78 is 0. The number of anilines is 1. The minimum absolute atomic E-state index is 0.0769. The van der Waals surface area contributed by atoms with Crippen molar-refractivity contribution < 1.29 is 0 Å². The molecule has 1 aromatic rings. The van der Waals surface area contributed by atoms with Crippen LogP contribution in [0.1, 0.15) is 38.3 Å². The summed E-state index contributed by atoms with van der Waals surface area (Å²) >= 11 is 0. The molecule has 8 nitrogen and oxygen atoms in total. The number of rotatable bonds is 8. The van der Waals surface area contributed by atoms with E-state index >= 15 is 0 Å². The van der Waals surface area contributed by atoms with Gasteiger partial charge in [-0.2, -0.15) is 0 Å². The van der Waals surface area contributed by atoms with Gasteiger partial charge < -0.3 is 26.0 Å². The highest BCUT2D eigenvalue weighted by Crippen LogP contribution is 2.24. The average Bonchev–Trinajstić information content (AvgIpc) is 2.72. The second kappa shape index (κ2) is 10.9. The zero-order valence-corrected chi connectivity index (χ0v) is 18.7. The Morgan fingerprint density at radius 3 is 2.53 bits per heavy atom. The van der Waals surface area contributed by atoms with E-state index < -0.39 is 0 Å². The molecule has 8 heteroatoms. The third-order valence-electron chi connectivity index (χ3n) is 5.58. The van der Waals surface area contributed by atoms with Gasteiger partial charge in [-0.05, 0) is 36.7 Å². The highest BCUT2D eigenvalue weighted by molar-refractivity contribution is 6.06.